The van der Waals surface area contributed by atoms with E-state index in [1.807, 2.05) is 45.0 Å². The molecule has 1 atom stereocenters. The van der Waals surface area contributed by atoms with E-state index in [1.165, 1.54) is 12.5 Å². The van der Waals surface area contributed by atoms with E-state index in [2.05, 4.69) is 17.4 Å². The van der Waals surface area contributed by atoms with E-state index in [9.17, 15) is 19.5 Å². The molecular formula is C29H38N2O5. The van der Waals surface area contributed by atoms with Crippen LogP contribution < -0.4 is 10.1 Å². The molecule has 7 heteroatoms. The number of carbonyl (C=O) groups is 3. The fraction of sp³-hybridized carbons (Fsp3) is 0.483. The van der Waals surface area contributed by atoms with Crippen LogP contribution in [-0.4, -0.2) is 46.5 Å². The predicted molar refractivity (Wildman–Crippen MR) is 140 cm³/mol. The number of Topliss-reactive ketones (excluding diaryl/α,β-unsaturated/α-hetero) is 1. The summed E-state index contributed by atoms with van der Waals surface area (Å²) in [5, 5.41) is 12.6. The number of carbonyl (C=O) groups excluding carboxylic acids is 2. The summed E-state index contributed by atoms with van der Waals surface area (Å²) in [5.41, 5.74) is 2.26. The van der Waals surface area contributed by atoms with Crippen LogP contribution in [0.3, 0.4) is 0 Å². The number of aliphatic carboxylic acids is 1. The first-order valence-corrected chi connectivity index (χ1v) is 12.8. The van der Waals surface area contributed by atoms with Crippen molar-refractivity contribution in [1.29, 1.82) is 0 Å². The van der Waals surface area contributed by atoms with Crippen LogP contribution in [0.15, 0.2) is 42.5 Å². The Kier molecular flexibility index (Phi) is 9.13. The summed E-state index contributed by atoms with van der Waals surface area (Å²) >= 11 is 0. The highest BCUT2D eigenvalue weighted by Crippen LogP contribution is 2.35. The number of nitrogens with one attached hydrogen (secondary N) is 1. The fourth-order valence-electron chi connectivity index (χ4n) is 4.86. The van der Waals surface area contributed by atoms with Crippen molar-refractivity contribution in [2.45, 2.75) is 77.8 Å². The first kappa shape index (κ1) is 27.2. The van der Waals surface area contributed by atoms with Crippen LogP contribution in [0, 0.1) is 6.92 Å². The molecule has 0 radical (unpaired) electrons. The van der Waals surface area contributed by atoms with Crippen molar-refractivity contribution in [2.24, 2.45) is 0 Å². The third-order valence-electron chi connectivity index (χ3n) is 7.21. The molecule has 2 N–H and O–H groups in total. The van der Waals surface area contributed by atoms with Crippen LogP contribution in [-0.2, 0) is 11.2 Å². The molecule has 2 aromatic carbocycles. The Bertz CT molecular complexity index is 1080. The minimum Gasteiger partial charge on any atom is -0.493 e. The van der Waals surface area contributed by atoms with Gasteiger partial charge >= 0.3 is 12.0 Å². The molecule has 3 rings (SSSR count). The van der Waals surface area contributed by atoms with Gasteiger partial charge in [-0.1, -0.05) is 36.4 Å². The molecule has 1 aliphatic carbocycles. The summed E-state index contributed by atoms with van der Waals surface area (Å²) in [6.45, 7) is 8.12. The largest absolute Gasteiger partial charge is 0.493 e. The minimum absolute atomic E-state index is 0.0790. The van der Waals surface area contributed by atoms with Gasteiger partial charge in [-0.2, -0.15) is 0 Å². The number of hydrogen-bond donors (Lipinski definition) is 2. The maximum absolute atomic E-state index is 13.5. The van der Waals surface area contributed by atoms with Gasteiger partial charge in [0.05, 0.1) is 18.2 Å². The molecule has 0 bridgehead atoms. The molecule has 2 aromatic rings. The number of nitrogens with zero attached hydrogens (tertiary/aromatic N) is 1. The summed E-state index contributed by atoms with van der Waals surface area (Å²) in [6.07, 6.45) is 4.23. The number of unbranched alkanes of at least 4 members (excludes halogenated alkanes) is 1. The van der Waals surface area contributed by atoms with E-state index < -0.39 is 11.5 Å². The molecule has 7 nitrogen and oxygen atoms in total. The van der Waals surface area contributed by atoms with Gasteiger partial charge in [0.25, 0.3) is 0 Å². The number of ether oxygens (including phenoxy) is 1. The maximum Gasteiger partial charge on any atom is 0.329 e. The lowest BCUT2D eigenvalue weighted by atomic mass is 9.77. The van der Waals surface area contributed by atoms with Gasteiger partial charge in [0, 0.05) is 6.54 Å². The Morgan fingerprint density at radius 1 is 1.11 bits per heavy atom. The first-order valence-electron chi connectivity index (χ1n) is 12.8. The summed E-state index contributed by atoms with van der Waals surface area (Å²) in [4.78, 5) is 39.3. The van der Waals surface area contributed by atoms with Gasteiger partial charge in [-0.25, -0.2) is 9.59 Å². The Hall–Kier alpha value is -3.35. The number of amides is 2. The van der Waals surface area contributed by atoms with Crippen molar-refractivity contribution in [3.63, 3.8) is 0 Å². The maximum atomic E-state index is 13.5. The monoisotopic (exact) mass is 494 g/mol. The van der Waals surface area contributed by atoms with Gasteiger partial charge in [-0.3, -0.25) is 4.79 Å². The second kappa shape index (κ2) is 12.1. The molecule has 0 aliphatic heterocycles. The zero-order valence-corrected chi connectivity index (χ0v) is 21.8. The van der Waals surface area contributed by atoms with Crippen molar-refractivity contribution in [2.75, 3.05) is 13.2 Å². The second-order valence-corrected chi connectivity index (χ2v) is 9.63. The van der Waals surface area contributed by atoms with Crippen LogP contribution in [0.5, 0.6) is 5.75 Å². The SMILES string of the molecule is CCOc1c(C(C)=O)ccc([C@@H](C)N(CCCCc2ccccc2)C(=O)NC2(C(=O)O)CCC2)c1C. The van der Waals surface area contributed by atoms with E-state index in [4.69, 9.17) is 4.74 Å². The van der Waals surface area contributed by atoms with Gasteiger partial charge in [0.2, 0.25) is 0 Å². The lowest BCUT2D eigenvalue weighted by molar-refractivity contribution is -0.148. The van der Waals surface area contributed by atoms with Gasteiger partial charge in [-0.15, -0.1) is 0 Å². The molecule has 0 saturated heterocycles. The van der Waals surface area contributed by atoms with Crippen LogP contribution in [0.1, 0.15) is 86.0 Å². The number of hydrogen-bond acceptors (Lipinski definition) is 4. The molecule has 0 spiro atoms. The first-order chi connectivity index (χ1) is 17.2. The standard InChI is InChI=1S/C29H38N2O5/c1-5-36-26-20(2)24(15-16-25(26)22(4)32)21(3)31(19-10-9-14-23-12-7-6-8-13-23)28(35)30-29(27(33)34)17-11-18-29/h6-8,12-13,15-16,21H,5,9-11,14,17-19H2,1-4H3,(H,30,35)(H,33,34)/t21-/m1/s1. The molecule has 2 amide bonds. The summed E-state index contributed by atoms with van der Waals surface area (Å²) in [7, 11) is 0. The number of carboxylic acid groups (broad SMARTS) is 1. The normalized spacial score (nSPS) is 14.9. The van der Waals surface area contributed by atoms with Crippen LogP contribution in [0.25, 0.3) is 0 Å². The van der Waals surface area contributed by atoms with Crippen LogP contribution >= 0.6 is 0 Å². The molecule has 1 fully saturated rings. The highest BCUT2D eigenvalue weighted by Gasteiger charge is 2.46. The molecule has 1 aliphatic rings. The molecule has 36 heavy (non-hydrogen) atoms. The lowest BCUT2D eigenvalue weighted by Gasteiger charge is -2.41. The smallest absolute Gasteiger partial charge is 0.329 e. The quantitative estimate of drug-likeness (QED) is 0.291. The average molecular weight is 495 g/mol. The second-order valence-electron chi connectivity index (χ2n) is 9.63. The van der Waals surface area contributed by atoms with Gasteiger partial charge in [-0.05, 0) is 89.0 Å². The third-order valence-corrected chi connectivity index (χ3v) is 7.21. The Labute approximate surface area is 213 Å². The number of carboxylic acids is 1. The number of benzene rings is 2. The van der Waals surface area contributed by atoms with Gasteiger partial charge in [0.15, 0.2) is 5.78 Å². The molecular weight excluding hydrogens is 456 g/mol. The molecule has 0 heterocycles. The Balaban J connectivity index is 1.84. The summed E-state index contributed by atoms with van der Waals surface area (Å²) in [6, 6.07) is 13.1. The van der Waals surface area contributed by atoms with E-state index in [-0.39, 0.29) is 17.9 Å². The van der Waals surface area contributed by atoms with E-state index >= 15 is 0 Å². The lowest BCUT2D eigenvalue weighted by Crippen LogP contribution is -2.61. The van der Waals surface area contributed by atoms with Gasteiger partial charge in [0.1, 0.15) is 11.3 Å². The predicted octanol–water partition coefficient (Wildman–Crippen LogP) is 5.70. The molecule has 0 unspecified atom stereocenters. The van der Waals surface area contributed by atoms with E-state index in [0.29, 0.717) is 37.3 Å². The van der Waals surface area contributed by atoms with Crippen LogP contribution in [0.4, 0.5) is 4.79 Å². The van der Waals surface area contributed by atoms with Crippen molar-refractivity contribution < 1.29 is 24.2 Å². The zero-order chi connectivity index (χ0) is 26.3. The number of rotatable bonds is 12. The van der Waals surface area contributed by atoms with Crippen molar-refractivity contribution >= 4 is 17.8 Å². The fourth-order valence-corrected chi connectivity index (χ4v) is 4.86. The molecule has 1 saturated carbocycles. The average Bonchev–Trinajstić information content (AvgIpc) is 2.82. The highest BCUT2D eigenvalue weighted by molar-refractivity contribution is 5.97. The number of ketones is 1. The van der Waals surface area contributed by atoms with Gasteiger partial charge < -0.3 is 20.1 Å². The molecule has 194 valence electrons. The third kappa shape index (κ3) is 6.07. The minimum atomic E-state index is -1.19. The zero-order valence-electron chi connectivity index (χ0n) is 21.8. The van der Waals surface area contributed by atoms with Crippen LogP contribution in [0.2, 0.25) is 0 Å². The Morgan fingerprint density at radius 2 is 1.81 bits per heavy atom. The van der Waals surface area contributed by atoms with Crippen molar-refractivity contribution in [3.8, 4) is 5.75 Å². The van der Waals surface area contributed by atoms with E-state index in [0.717, 1.165) is 36.8 Å². The highest BCUT2D eigenvalue weighted by atomic mass is 16.5. The van der Waals surface area contributed by atoms with E-state index in [1.54, 1.807) is 11.0 Å². The number of urea groups is 1. The summed E-state index contributed by atoms with van der Waals surface area (Å²) in [5.74, 6) is -0.524. The van der Waals surface area contributed by atoms with Crippen molar-refractivity contribution in [3.05, 3.63) is 64.7 Å². The topological polar surface area (TPSA) is 95.9 Å². The summed E-state index contributed by atoms with van der Waals surface area (Å²) < 4.78 is 5.83. The number of aryl methyl sites for hydroxylation is 1. The van der Waals surface area contributed by atoms with Crippen molar-refractivity contribution in [1.82, 2.24) is 10.2 Å². The Morgan fingerprint density at radius 3 is 2.36 bits per heavy atom. The molecule has 0 aromatic heterocycles.